The number of ether oxygens (including phenoxy) is 1. The molecule has 0 aliphatic heterocycles. The van der Waals surface area contributed by atoms with Crippen molar-refractivity contribution in [3.63, 3.8) is 0 Å². The molecule has 0 saturated carbocycles. The van der Waals surface area contributed by atoms with Crippen LogP contribution in [-0.2, 0) is 17.4 Å². The molecular weight excluding hydrogens is 151 g/mol. The van der Waals surface area contributed by atoms with Crippen molar-refractivity contribution in [1.29, 1.82) is 0 Å². The summed E-state index contributed by atoms with van der Waals surface area (Å²) in [6, 6.07) is 0. The number of thiocarbonyl (C=S) groups is 1. The molecule has 0 aromatic heterocycles. The van der Waals surface area contributed by atoms with Gasteiger partial charge in [-0.15, -0.1) is 0 Å². The smallest absolute Gasteiger partial charge is 0.514 e. The molecule has 0 unspecified atom stereocenters. The van der Waals surface area contributed by atoms with Crippen molar-refractivity contribution in [3.8, 4) is 0 Å². The molecule has 0 fully saturated rings. The summed E-state index contributed by atoms with van der Waals surface area (Å²) in [6.45, 7) is 2.66. The maximum atomic E-state index is 4.74. The standard InChI is InChI=1S/C4H8OS2.Na/c1-2-3-5-4(6)7;/h2-3H2,1H3,(H,6,7);/q;+1/p-1. The minimum Gasteiger partial charge on any atom is -0.514 e. The maximum Gasteiger partial charge on any atom is 1.00 e. The van der Waals surface area contributed by atoms with Crippen molar-refractivity contribution in [1.82, 2.24) is 0 Å². The molecule has 0 bridgehead atoms. The monoisotopic (exact) mass is 158 g/mol. The second-order valence-corrected chi connectivity index (χ2v) is 2.10. The van der Waals surface area contributed by atoms with Gasteiger partial charge in [-0.1, -0.05) is 6.92 Å². The Morgan fingerprint density at radius 1 is 1.75 bits per heavy atom. The van der Waals surface area contributed by atoms with E-state index >= 15 is 0 Å². The topological polar surface area (TPSA) is 9.23 Å². The normalized spacial score (nSPS) is 7.12. The van der Waals surface area contributed by atoms with Crippen LogP contribution in [-0.4, -0.2) is 11.0 Å². The molecule has 0 aliphatic rings. The van der Waals surface area contributed by atoms with Gasteiger partial charge in [0.25, 0.3) is 0 Å². The van der Waals surface area contributed by atoms with E-state index in [4.69, 9.17) is 4.74 Å². The van der Waals surface area contributed by atoms with Crippen molar-refractivity contribution in [2.45, 2.75) is 13.3 Å². The van der Waals surface area contributed by atoms with Crippen molar-refractivity contribution >= 4 is 29.2 Å². The molecule has 1 nitrogen and oxygen atoms in total. The molecule has 0 aromatic rings. The van der Waals surface area contributed by atoms with Gasteiger partial charge in [-0.05, 0) is 6.42 Å². The fourth-order valence-electron chi connectivity index (χ4n) is 0.185. The fraction of sp³-hybridized carbons (Fsp3) is 0.750. The fourth-order valence-corrected chi connectivity index (χ4v) is 0.352. The molecule has 0 heterocycles. The van der Waals surface area contributed by atoms with Gasteiger partial charge in [-0.2, -0.15) is 0 Å². The van der Waals surface area contributed by atoms with Crippen molar-refractivity contribution < 1.29 is 34.3 Å². The summed E-state index contributed by atoms with van der Waals surface area (Å²) in [7, 11) is 0. The second-order valence-electron chi connectivity index (χ2n) is 1.10. The zero-order chi connectivity index (χ0) is 5.70. The minimum atomic E-state index is 0. The van der Waals surface area contributed by atoms with Crippen LogP contribution < -0.4 is 29.6 Å². The van der Waals surface area contributed by atoms with Crippen molar-refractivity contribution in [2.24, 2.45) is 0 Å². The quantitative estimate of drug-likeness (QED) is 0.268. The summed E-state index contributed by atoms with van der Waals surface area (Å²) < 4.78 is 4.96. The summed E-state index contributed by atoms with van der Waals surface area (Å²) in [4.78, 5) is 0. The van der Waals surface area contributed by atoms with Gasteiger partial charge >= 0.3 is 29.6 Å². The predicted octanol–water partition coefficient (Wildman–Crippen LogP) is -1.75. The SMILES string of the molecule is CCCOC(=S)[S-].[Na+]. The Labute approximate surface area is 82.9 Å². The molecule has 4 heteroatoms. The summed E-state index contributed by atoms with van der Waals surface area (Å²) in [6.07, 6.45) is 0.969. The molecular formula is C4H7NaOS2. The third kappa shape index (κ3) is 10.2. The first-order valence-electron chi connectivity index (χ1n) is 2.11. The molecule has 0 saturated heterocycles. The molecule has 0 rings (SSSR count). The van der Waals surface area contributed by atoms with Gasteiger partial charge in [0.2, 0.25) is 0 Å². The van der Waals surface area contributed by atoms with Crippen LogP contribution in [0.5, 0.6) is 0 Å². The number of rotatable bonds is 2. The number of hydrogen-bond acceptors (Lipinski definition) is 3. The average molecular weight is 158 g/mol. The van der Waals surface area contributed by atoms with Crippen LogP contribution in [0.2, 0.25) is 0 Å². The first kappa shape index (κ1) is 11.9. The van der Waals surface area contributed by atoms with Crippen LogP contribution in [0, 0.1) is 0 Å². The molecule has 0 spiro atoms. The first-order valence-corrected chi connectivity index (χ1v) is 2.92. The predicted molar refractivity (Wildman–Crippen MR) is 36.2 cm³/mol. The third-order valence-corrected chi connectivity index (χ3v) is 0.660. The van der Waals surface area contributed by atoms with E-state index in [0.29, 0.717) is 6.61 Å². The van der Waals surface area contributed by atoms with Gasteiger partial charge in [-0.3, -0.25) is 0 Å². The van der Waals surface area contributed by atoms with E-state index in [1.54, 1.807) is 0 Å². The summed E-state index contributed by atoms with van der Waals surface area (Å²) in [5, 5.41) is 0. The van der Waals surface area contributed by atoms with Crippen molar-refractivity contribution in [3.05, 3.63) is 0 Å². The Kier molecular flexibility index (Phi) is 12.0. The Morgan fingerprint density at radius 3 is 2.38 bits per heavy atom. The first-order chi connectivity index (χ1) is 3.27. The zero-order valence-corrected chi connectivity index (χ0v) is 8.77. The van der Waals surface area contributed by atoms with E-state index in [-0.39, 0.29) is 33.9 Å². The van der Waals surface area contributed by atoms with Gasteiger partial charge in [0.15, 0.2) is 0 Å². The van der Waals surface area contributed by atoms with E-state index < -0.39 is 0 Å². The molecule has 0 amide bonds. The molecule has 0 atom stereocenters. The molecule has 42 valence electrons. The van der Waals surface area contributed by atoms with Gasteiger partial charge in [0, 0.05) is 4.38 Å². The van der Waals surface area contributed by atoms with Gasteiger partial charge in [0.05, 0.1) is 6.61 Å². The maximum absolute atomic E-state index is 4.74. The summed E-state index contributed by atoms with van der Waals surface area (Å²) >= 11 is 8.91. The van der Waals surface area contributed by atoms with Gasteiger partial charge < -0.3 is 29.6 Å². The Morgan fingerprint density at radius 2 is 2.25 bits per heavy atom. The largest absolute Gasteiger partial charge is 1.00 e. The molecule has 0 aromatic carbocycles. The minimum absolute atomic E-state index is 0. The Bertz CT molecular complexity index is 67.1. The third-order valence-electron chi connectivity index (χ3n) is 0.424. The van der Waals surface area contributed by atoms with E-state index in [1.165, 1.54) is 0 Å². The van der Waals surface area contributed by atoms with Crippen LogP contribution >= 0.6 is 12.2 Å². The Balaban J connectivity index is 0. The molecule has 0 radical (unpaired) electrons. The summed E-state index contributed by atoms with van der Waals surface area (Å²) in [5.74, 6) is 0. The molecule has 0 aliphatic carbocycles. The van der Waals surface area contributed by atoms with Crippen LogP contribution in [0.3, 0.4) is 0 Å². The van der Waals surface area contributed by atoms with E-state index in [0.717, 1.165) is 6.42 Å². The van der Waals surface area contributed by atoms with Crippen LogP contribution in [0.15, 0.2) is 0 Å². The van der Waals surface area contributed by atoms with E-state index in [1.807, 2.05) is 6.92 Å². The van der Waals surface area contributed by atoms with E-state index in [9.17, 15) is 0 Å². The Hall–Kier alpha value is 1.11. The second kappa shape index (κ2) is 8.11. The number of hydrogen-bond donors (Lipinski definition) is 0. The van der Waals surface area contributed by atoms with Crippen LogP contribution in [0.1, 0.15) is 13.3 Å². The summed E-state index contributed by atoms with van der Waals surface area (Å²) in [5.41, 5.74) is 0. The van der Waals surface area contributed by atoms with Gasteiger partial charge in [-0.25, -0.2) is 0 Å². The van der Waals surface area contributed by atoms with Crippen LogP contribution in [0.25, 0.3) is 0 Å². The van der Waals surface area contributed by atoms with Crippen LogP contribution in [0.4, 0.5) is 0 Å². The van der Waals surface area contributed by atoms with Gasteiger partial charge in [0.1, 0.15) is 0 Å². The molecule has 8 heavy (non-hydrogen) atoms. The zero-order valence-electron chi connectivity index (χ0n) is 5.14. The average Bonchev–Trinajstić information content (AvgIpc) is 1.61. The molecule has 0 N–H and O–H groups in total. The van der Waals surface area contributed by atoms with Crippen molar-refractivity contribution in [2.75, 3.05) is 6.61 Å². The van der Waals surface area contributed by atoms with E-state index in [2.05, 4.69) is 24.8 Å².